The highest BCUT2D eigenvalue weighted by atomic mass is 35.5. The van der Waals surface area contributed by atoms with Gasteiger partial charge in [-0.25, -0.2) is 0 Å². The second-order valence-electron chi connectivity index (χ2n) is 2.48. The van der Waals surface area contributed by atoms with Crippen LogP contribution in [-0.4, -0.2) is 15.2 Å². The van der Waals surface area contributed by atoms with E-state index in [1.54, 1.807) is 18.5 Å². The topological polar surface area (TPSA) is 38.7 Å². The Bertz CT molecular complexity index is 403. The van der Waals surface area contributed by atoms with Crippen LogP contribution in [0.4, 0.5) is 0 Å². The van der Waals surface area contributed by atoms with Crippen LogP contribution in [0.3, 0.4) is 0 Å². The smallest absolute Gasteiger partial charge is 0.152 e. The maximum atomic E-state index is 5.69. The van der Waals surface area contributed by atoms with Gasteiger partial charge < -0.3 is 0 Å². The van der Waals surface area contributed by atoms with Crippen LogP contribution in [0, 0.1) is 0 Å². The van der Waals surface area contributed by atoms with Crippen molar-refractivity contribution in [1.82, 2.24) is 15.2 Å². The molecule has 2 rings (SSSR count). The summed E-state index contributed by atoms with van der Waals surface area (Å²) >= 11 is 5.69. The van der Waals surface area contributed by atoms with Gasteiger partial charge in [-0.05, 0) is 18.2 Å². The van der Waals surface area contributed by atoms with Gasteiger partial charge in [0.15, 0.2) is 5.15 Å². The van der Waals surface area contributed by atoms with E-state index in [1.165, 1.54) is 0 Å². The van der Waals surface area contributed by atoms with Crippen molar-refractivity contribution in [3.05, 3.63) is 41.8 Å². The second kappa shape index (κ2) is 3.49. The minimum atomic E-state index is 0.378. The van der Waals surface area contributed by atoms with E-state index in [-0.39, 0.29) is 0 Å². The first-order valence-corrected chi connectivity index (χ1v) is 4.14. The Morgan fingerprint density at radius 3 is 2.85 bits per heavy atom. The fraction of sp³-hybridized carbons (Fsp3) is 0. The Labute approximate surface area is 80.4 Å². The summed E-state index contributed by atoms with van der Waals surface area (Å²) in [6.07, 6.45) is 3.36. The molecular formula is C9H6ClN3. The molecule has 13 heavy (non-hydrogen) atoms. The second-order valence-corrected chi connectivity index (χ2v) is 2.87. The monoisotopic (exact) mass is 191 g/mol. The molecule has 0 spiro atoms. The van der Waals surface area contributed by atoms with Gasteiger partial charge in [-0.2, -0.15) is 5.10 Å². The molecule has 0 saturated carbocycles. The highest BCUT2D eigenvalue weighted by Gasteiger charge is 1.99. The number of halogens is 1. The Morgan fingerprint density at radius 2 is 2.15 bits per heavy atom. The molecular weight excluding hydrogens is 186 g/mol. The van der Waals surface area contributed by atoms with Crippen LogP contribution < -0.4 is 0 Å². The number of hydrogen-bond donors (Lipinski definition) is 0. The van der Waals surface area contributed by atoms with E-state index in [1.807, 2.05) is 18.2 Å². The fourth-order valence-electron chi connectivity index (χ4n) is 1.01. The van der Waals surface area contributed by atoms with Crippen LogP contribution >= 0.6 is 11.6 Å². The number of hydrogen-bond acceptors (Lipinski definition) is 3. The molecule has 0 atom stereocenters. The third kappa shape index (κ3) is 1.81. The van der Waals surface area contributed by atoms with Gasteiger partial charge in [-0.15, -0.1) is 5.10 Å². The molecule has 0 aliphatic rings. The van der Waals surface area contributed by atoms with Gasteiger partial charge >= 0.3 is 0 Å². The first kappa shape index (κ1) is 8.13. The van der Waals surface area contributed by atoms with Crippen molar-refractivity contribution >= 4 is 11.6 Å². The van der Waals surface area contributed by atoms with E-state index < -0.39 is 0 Å². The van der Waals surface area contributed by atoms with Crippen molar-refractivity contribution in [3.8, 4) is 11.3 Å². The third-order valence-corrected chi connectivity index (χ3v) is 1.77. The zero-order valence-corrected chi connectivity index (χ0v) is 7.44. The molecule has 2 aromatic heterocycles. The maximum absolute atomic E-state index is 5.69. The third-order valence-electron chi connectivity index (χ3n) is 1.59. The summed E-state index contributed by atoms with van der Waals surface area (Å²) in [7, 11) is 0. The molecule has 0 aliphatic carbocycles. The molecule has 4 heteroatoms. The molecule has 0 radical (unpaired) electrons. The van der Waals surface area contributed by atoms with E-state index in [2.05, 4.69) is 15.2 Å². The highest BCUT2D eigenvalue weighted by Crippen LogP contribution is 2.16. The lowest BCUT2D eigenvalue weighted by molar-refractivity contribution is 1.03. The first-order valence-electron chi connectivity index (χ1n) is 3.76. The van der Waals surface area contributed by atoms with Crippen LogP contribution in [0.1, 0.15) is 0 Å². The molecule has 2 heterocycles. The van der Waals surface area contributed by atoms with E-state index in [4.69, 9.17) is 11.6 Å². The highest BCUT2D eigenvalue weighted by molar-refractivity contribution is 6.29. The lowest BCUT2D eigenvalue weighted by Gasteiger charge is -1.97. The van der Waals surface area contributed by atoms with Crippen LogP contribution in [0.25, 0.3) is 11.3 Å². The molecule has 0 fully saturated rings. The normalized spacial score (nSPS) is 9.92. The molecule has 0 aliphatic heterocycles. The van der Waals surface area contributed by atoms with Crippen molar-refractivity contribution in [2.75, 3.05) is 0 Å². The number of nitrogens with zero attached hydrogens (tertiary/aromatic N) is 3. The van der Waals surface area contributed by atoms with Crippen molar-refractivity contribution in [2.24, 2.45) is 0 Å². The maximum Gasteiger partial charge on any atom is 0.152 e. The standard InChI is InChI=1S/C9H6ClN3/c10-9-5-7(6-12-13-9)8-3-1-2-4-11-8/h1-6H. The van der Waals surface area contributed by atoms with Gasteiger partial charge in [0.1, 0.15) is 0 Å². The largest absolute Gasteiger partial charge is 0.256 e. The molecule has 0 amide bonds. The minimum absolute atomic E-state index is 0.378. The Morgan fingerprint density at radius 1 is 1.23 bits per heavy atom. The minimum Gasteiger partial charge on any atom is -0.256 e. The van der Waals surface area contributed by atoms with Crippen LogP contribution in [0.15, 0.2) is 36.7 Å². The fourth-order valence-corrected chi connectivity index (χ4v) is 1.18. The van der Waals surface area contributed by atoms with Gasteiger partial charge in [0.2, 0.25) is 0 Å². The zero-order valence-electron chi connectivity index (χ0n) is 6.68. The van der Waals surface area contributed by atoms with E-state index in [0.29, 0.717) is 5.15 Å². The molecule has 64 valence electrons. The quantitative estimate of drug-likeness (QED) is 0.694. The average molecular weight is 192 g/mol. The summed E-state index contributed by atoms with van der Waals surface area (Å²) in [6, 6.07) is 7.40. The average Bonchev–Trinajstić information content (AvgIpc) is 2.19. The number of aromatic nitrogens is 3. The summed E-state index contributed by atoms with van der Waals surface area (Å²) in [5.41, 5.74) is 1.72. The van der Waals surface area contributed by atoms with Gasteiger partial charge in [0.05, 0.1) is 11.9 Å². The number of rotatable bonds is 1. The Hall–Kier alpha value is -1.48. The van der Waals surface area contributed by atoms with Gasteiger partial charge in [0, 0.05) is 11.8 Å². The van der Waals surface area contributed by atoms with Crippen LogP contribution in [0.2, 0.25) is 5.15 Å². The summed E-state index contributed by atoms with van der Waals surface area (Å²) in [5.74, 6) is 0. The Kier molecular flexibility index (Phi) is 2.19. The Balaban J connectivity index is 2.48. The van der Waals surface area contributed by atoms with Gasteiger partial charge in [-0.1, -0.05) is 17.7 Å². The van der Waals surface area contributed by atoms with Crippen LogP contribution in [-0.2, 0) is 0 Å². The SMILES string of the molecule is Clc1cc(-c2ccccn2)cnn1. The van der Waals surface area contributed by atoms with E-state index in [9.17, 15) is 0 Å². The van der Waals surface area contributed by atoms with Crippen molar-refractivity contribution in [3.63, 3.8) is 0 Å². The predicted octanol–water partition coefficient (Wildman–Crippen LogP) is 2.19. The molecule has 3 nitrogen and oxygen atoms in total. The predicted molar refractivity (Wildman–Crippen MR) is 50.3 cm³/mol. The van der Waals surface area contributed by atoms with Crippen molar-refractivity contribution in [2.45, 2.75) is 0 Å². The summed E-state index contributed by atoms with van der Waals surface area (Å²) in [4.78, 5) is 4.16. The molecule has 0 unspecified atom stereocenters. The van der Waals surface area contributed by atoms with Crippen molar-refractivity contribution in [1.29, 1.82) is 0 Å². The van der Waals surface area contributed by atoms with E-state index >= 15 is 0 Å². The van der Waals surface area contributed by atoms with Gasteiger partial charge in [0.25, 0.3) is 0 Å². The first-order chi connectivity index (χ1) is 6.36. The van der Waals surface area contributed by atoms with Gasteiger partial charge in [-0.3, -0.25) is 4.98 Å². The molecule has 2 aromatic rings. The summed E-state index contributed by atoms with van der Waals surface area (Å²) in [5, 5.41) is 7.77. The lowest BCUT2D eigenvalue weighted by Crippen LogP contribution is -1.86. The molecule has 0 bridgehead atoms. The number of pyridine rings is 1. The summed E-state index contributed by atoms with van der Waals surface area (Å²) < 4.78 is 0. The van der Waals surface area contributed by atoms with Crippen LogP contribution in [0.5, 0.6) is 0 Å². The molecule has 0 saturated heterocycles. The summed E-state index contributed by atoms with van der Waals surface area (Å²) in [6.45, 7) is 0. The van der Waals surface area contributed by atoms with E-state index in [0.717, 1.165) is 11.3 Å². The molecule has 0 N–H and O–H groups in total. The van der Waals surface area contributed by atoms with Crippen molar-refractivity contribution < 1.29 is 0 Å². The zero-order chi connectivity index (χ0) is 9.10. The lowest BCUT2D eigenvalue weighted by atomic mass is 10.2. The molecule has 0 aromatic carbocycles.